The van der Waals surface area contributed by atoms with E-state index in [2.05, 4.69) is 5.32 Å². The number of carbonyl (C=O) groups is 1. The molecule has 1 heterocycles. The molecule has 0 aliphatic carbocycles. The summed E-state index contributed by atoms with van der Waals surface area (Å²) in [7, 11) is 0. The molecule has 2 aromatic carbocycles. The highest BCUT2D eigenvalue weighted by Crippen LogP contribution is 2.42. The van der Waals surface area contributed by atoms with E-state index in [1.165, 1.54) is 12.1 Å². The number of benzene rings is 2. The van der Waals surface area contributed by atoms with E-state index in [0.29, 0.717) is 12.3 Å². The molecule has 1 atom stereocenters. The molecule has 1 aliphatic rings. The van der Waals surface area contributed by atoms with Gasteiger partial charge in [-0.2, -0.15) is 0 Å². The van der Waals surface area contributed by atoms with E-state index in [0.717, 1.165) is 24.0 Å². The predicted octanol–water partition coefficient (Wildman–Crippen LogP) is 5.23. The Labute approximate surface area is 153 Å². The molecule has 0 bridgehead atoms. The van der Waals surface area contributed by atoms with Gasteiger partial charge < -0.3 is 9.47 Å². The second-order valence-electron chi connectivity index (χ2n) is 7.49. The van der Waals surface area contributed by atoms with Gasteiger partial charge in [0.2, 0.25) is 0 Å². The Balaban J connectivity index is 1.81. The molecule has 1 aliphatic heterocycles. The van der Waals surface area contributed by atoms with Crippen molar-refractivity contribution in [2.45, 2.75) is 44.8 Å². The zero-order chi connectivity index (χ0) is 18.8. The molecule has 1 unspecified atom stereocenters. The summed E-state index contributed by atoms with van der Waals surface area (Å²) in [5.41, 5.74) is 1.45. The molecule has 1 N–H and O–H groups in total. The van der Waals surface area contributed by atoms with Crippen molar-refractivity contribution in [3.8, 4) is 0 Å². The topological polar surface area (TPSA) is 47.6 Å². The summed E-state index contributed by atoms with van der Waals surface area (Å²) in [4.78, 5) is 11.9. The van der Waals surface area contributed by atoms with Crippen molar-refractivity contribution in [3.63, 3.8) is 0 Å². The summed E-state index contributed by atoms with van der Waals surface area (Å²) in [6.45, 7) is 6.12. The average Bonchev–Trinajstić information content (AvgIpc) is 3.05. The van der Waals surface area contributed by atoms with Gasteiger partial charge in [-0.1, -0.05) is 24.3 Å². The largest absolute Gasteiger partial charge is 0.444 e. The van der Waals surface area contributed by atoms with Crippen molar-refractivity contribution in [1.29, 1.82) is 0 Å². The molecule has 138 valence electrons. The molecule has 1 fully saturated rings. The third-order valence-electron chi connectivity index (χ3n) is 4.33. The average molecular weight is 357 g/mol. The van der Waals surface area contributed by atoms with Crippen LogP contribution in [0, 0.1) is 5.82 Å². The first-order valence-corrected chi connectivity index (χ1v) is 8.79. The van der Waals surface area contributed by atoms with E-state index in [1.54, 1.807) is 12.1 Å². The molecule has 0 spiro atoms. The standard InChI is InChI=1S/C21H24FNO3/c1-20(2,3)26-19(24)23-18-11-7-16(8-12-18)21(13-4-14-25-21)15-5-9-17(22)10-6-15/h5-12H,4,13-14H2,1-3H3,(H,23,24). The van der Waals surface area contributed by atoms with Crippen LogP contribution in [0.1, 0.15) is 44.7 Å². The third kappa shape index (κ3) is 4.05. The summed E-state index contributed by atoms with van der Waals surface area (Å²) < 4.78 is 24.7. The van der Waals surface area contributed by atoms with Crippen LogP contribution in [-0.4, -0.2) is 18.3 Å². The molecular formula is C21H24FNO3. The predicted molar refractivity (Wildman–Crippen MR) is 98.7 cm³/mol. The van der Waals surface area contributed by atoms with Crippen molar-refractivity contribution < 1.29 is 18.7 Å². The van der Waals surface area contributed by atoms with Gasteiger partial charge in [0, 0.05) is 12.3 Å². The van der Waals surface area contributed by atoms with Crippen LogP contribution >= 0.6 is 0 Å². The van der Waals surface area contributed by atoms with Crippen molar-refractivity contribution in [3.05, 3.63) is 65.5 Å². The highest BCUT2D eigenvalue weighted by atomic mass is 19.1. The van der Waals surface area contributed by atoms with E-state index in [-0.39, 0.29) is 5.82 Å². The monoisotopic (exact) mass is 357 g/mol. The number of hydrogen-bond acceptors (Lipinski definition) is 3. The van der Waals surface area contributed by atoms with Crippen LogP contribution in [0.15, 0.2) is 48.5 Å². The van der Waals surface area contributed by atoms with Crippen LogP contribution in [0.5, 0.6) is 0 Å². The molecule has 4 nitrogen and oxygen atoms in total. The minimum atomic E-state index is -0.571. The van der Waals surface area contributed by atoms with Crippen molar-refractivity contribution >= 4 is 11.8 Å². The summed E-state index contributed by atoms with van der Waals surface area (Å²) in [6.07, 6.45) is 1.28. The highest BCUT2D eigenvalue weighted by molar-refractivity contribution is 5.84. The molecule has 3 rings (SSSR count). The van der Waals surface area contributed by atoms with E-state index in [9.17, 15) is 9.18 Å². The van der Waals surface area contributed by atoms with Crippen LogP contribution < -0.4 is 5.32 Å². The lowest BCUT2D eigenvalue weighted by molar-refractivity contribution is 0.0359. The smallest absolute Gasteiger partial charge is 0.412 e. The zero-order valence-electron chi connectivity index (χ0n) is 15.3. The van der Waals surface area contributed by atoms with Gasteiger partial charge >= 0.3 is 6.09 Å². The van der Waals surface area contributed by atoms with Gasteiger partial charge in [-0.25, -0.2) is 9.18 Å². The first-order valence-electron chi connectivity index (χ1n) is 8.79. The number of rotatable bonds is 3. The van der Waals surface area contributed by atoms with Gasteiger partial charge in [0.15, 0.2) is 0 Å². The SMILES string of the molecule is CC(C)(C)OC(=O)Nc1ccc(C2(c3ccc(F)cc3)CCCO2)cc1. The second-order valence-corrected chi connectivity index (χ2v) is 7.49. The number of amides is 1. The second kappa shape index (κ2) is 7.08. The van der Waals surface area contributed by atoms with E-state index in [1.807, 2.05) is 45.0 Å². The van der Waals surface area contributed by atoms with Crippen molar-refractivity contribution in [1.82, 2.24) is 0 Å². The summed E-state index contributed by atoms with van der Waals surface area (Å²) >= 11 is 0. The summed E-state index contributed by atoms with van der Waals surface area (Å²) in [6, 6.07) is 14.0. The minimum Gasteiger partial charge on any atom is -0.444 e. The molecule has 2 aromatic rings. The lowest BCUT2D eigenvalue weighted by Crippen LogP contribution is -2.28. The van der Waals surface area contributed by atoms with Crippen LogP contribution in [0.3, 0.4) is 0 Å². The molecule has 0 radical (unpaired) electrons. The normalized spacial score (nSPS) is 20.0. The van der Waals surface area contributed by atoms with Crippen LogP contribution in [0.2, 0.25) is 0 Å². The van der Waals surface area contributed by atoms with Gasteiger partial charge in [-0.3, -0.25) is 5.32 Å². The Bertz CT molecular complexity index is 757. The fraction of sp³-hybridized carbons (Fsp3) is 0.381. The molecule has 26 heavy (non-hydrogen) atoms. The number of halogens is 1. The number of carbonyl (C=O) groups excluding carboxylic acids is 1. The maximum atomic E-state index is 13.3. The first kappa shape index (κ1) is 18.4. The Morgan fingerprint density at radius 2 is 1.65 bits per heavy atom. The molecular weight excluding hydrogens is 333 g/mol. The van der Waals surface area contributed by atoms with E-state index in [4.69, 9.17) is 9.47 Å². The minimum absolute atomic E-state index is 0.265. The van der Waals surface area contributed by atoms with E-state index < -0.39 is 17.3 Å². The summed E-state index contributed by atoms with van der Waals surface area (Å²) in [5.74, 6) is -0.265. The molecule has 0 aromatic heterocycles. The van der Waals surface area contributed by atoms with Gasteiger partial charge in [0.05, 0.1) is 0 Å². The molecule has 1 saturated heterocycles. The third-order valence-corrected chi connectivity index (χ3v) is 4.33. The van der Waals surface area contributed by atoms with Gasteiger partial charge in [0.25, 0.3) is 0 Å². The van der Waals surface area contributed by atoms with E-state index >= 15 is 0 Å². The Hall–Kier alpha value is -2.40. The fourth-order valence-corrected chi connectivity index (χ4v) is 3.23. The van der Waals surface area contributed by atoms with Gasteiger partial charge in [0.1, 0.15) is 17.0 Å². The number of anilines is 1. The molecule has 1 amide bonds. The maximum Gasteiger partial charge on any atom is 0.412 e. The molecule has 0 saturated carbocycles. The Morgan fingerprint density at radius 1 is 1.08 bits per heavy atom. The number of ether oxygens (including phenoxy) is 2. The lowest BCUT2D eigenvalue weighted by Gasteiger charge is -2.30. The zero-order valence-corrected chi connectivity index (χ0v) is 15.3. The molecule has 5 heteroatoms. The van der Waals surface area contributed by atoms with Crippen LogP contribution in [0.4, 0.5) is 14.9 Å². The lowest BCUT2D eigenvalue weighted by atomic mass is 9.84. The Kier molecular flexibility index (Phi) is 5.01. The fourth-order valence-electron chi connectivity index (χ4n) is 3.23. The Morgan fingerprint density at radius 3 is 2.15 bits per heavy atom. The summed E-state index contributed by atoms with van der Waals surface area (Å²) in [5, 5.41) is 2.72. The van der Waals surface area contributed by atoms with Crippen molar-refractivity contribution in [2.75, 3.05) is 11.9 Å². The highest BCUT2D eigenvalue weighted by Gasteiger charge is 2.38. The van der Waals surface area contributed by atoms with Crippen molar-refractivity contribution in [2.24, 2.45) is 0 Å². The van der Waals surface area contributed by atoms with Crippen LogP contribution in [-0.2, 0) is 15.1 Å². The van der Waals surface area contributed by atoms with Gasteiger partial charge in [-0.15, -0.1) is 0 Å². The van der Waals surface area contributed by atoms with Crippen LogP contribution in [0.25, 0.3) is 0 Å². The maximum absolute atomic E-state index is 13.3. The first-order chi connectivity index (χ1) is 12.3. The number of hydrogen-bond donors (Lipinski definition) is 1. The van der Waals surface area contributed by atoms with Gasteiger partial charge in [-0.05, 0) is 69.0 Å². The quantitative estimate of drug-likeness (QED) is 0.818. The number of nitrogens with one attached hydrogen (secondary N) is 1.